The highest BCUT2D eigenvalue weighted by Gasteiger charge is 2.04. The van der Waals surface area contributed by atoms with Crippen molar-refractivity contribution in [1.82, 2.24) is 0 Å². The number of unbranched alkanes of at least 4 members (excludes halogenated alkanes) is 4. The maximum Gasteiger partial charge on any atom is 0.0431 e. The van der Waals surface area contributed by atoms with E-state index in [0.717, 1.165) is 32.1 Å². The van der Waals surface area contributed by atoms with E-state index in [2.05, 4.69) is 31.2 Å². The molecule has 114 valence electrons. The van der Waals surface area contributed by atoms with Crippen LogP contribution in [0.5, 0.6) is 0 Å². The van der Waals surface area contributed by atoms with Gasteiger partial charge in [-0.15, -0.1) is 0 Å². The molecule has 1 unspecified atom stereocenters. The third kappa shape index (κ3) is 7.66. The van der Waals surface area contributed by atoms with Crippen molar-refractivity contribution in [2.24, 2.45) is 5.73 Å². The lowest BCUT2D eigenvalue weighted by Gasteiger charge is -2.12. The van der Waals surface area contributed by atoms with Crippen LogP contribution in [0.2, 0.25) is 0 Å². The number of hydrogen-bond donors (Lipinski definition) is 2. The number of benzene rings is 1. The van der Waals surface area contributed by atoms with Gasteiger partial charge in [0, 0.05) is 12.6 Å². The van der Waals surface area contributed by atoms with Gasteiger partial charge in [0.05, 0.1) is 0 Å². The number of rotatable bonds is 11. The van der Waals surface area contributed by atoms with Gasteiger partial charge in [-0.2, -0.15) is 0 Å². The molecule has 0 amide bonds. The van der Waals surface area contributed by atoms with Crippen LogP contribution in [0.25, 0.3) is 0 Å². The maximum absolute atomic E-state index is 8.78. The van der Waals surface area contributed by atoms with Crippen LogP contribution < -0.4 is 5.73 Å². The fourth-order valence-electron chi connectivity index (χ4n) is 2.52. The highest BCUT2D eigenvalue weighted by Crippen LogP contribution is 2.12. The van der Waals surface area contributed by atoms with Crippen molar-refractivity contribution in [3.8, 4) is 0 Å². The lowest BCUT2D eigenvalue weighted by atomic mass is 9.99. The van der Waals surface area contributed by atoms with Crippen molar-refractivity contribution in [3.63, 3.8) is 0 Å². The second kappa shape index (κ2) is 10.9. The summed E-state index contributed by atoms with van der Waals surface area (Å²) in [4.78, 5) is 0. The first kappa shape index (κ1) is 17.2. The van der Waals surface area contributed by atoms with Crippen molar-refractivity contribution >= 4 is 0 Å². The Labute approximate surface area is 124 Å². The molecule has 3 N–H and O–H groups in total. The Kier molecular flexibility index (Phi) is 9.35. The van der Waals surface area contributed by atoms with E-state index in [1.54, 1.807) is 0 Å². The molecule has 1 aromatic carbocycles. The molecule has 0 saturated heterocycles. The topological polar surface area (TPSA) is 46.2 Å². The van der Waals surface area contributed by atoms with E-state index in [9.17, 15) is 0 Å². The monoisotopic (exact) mass is 277 g/mol. The molecular formula is C18H31NO. The van der Waals surface area contributed by atoms with E-state index in [4.69, 9.17) is 10.8 Å². The molecule has 1 rings (SSSR count). The van der Waals surface area contributed by atoms with Gasteiger partial charge in [-0.3, -0.25) is 0 Å². The quantitative estimate of drug-likeness (QED) is 0.604. The summed E-state index contributed by atoms with van der Waals surface area (Å²) < 4.78 is 0. The Balaban J connectivity index is 2.26. The van der Waals surface area contributed by atoms with Gasteiger partial charge in [0.25, 0.3) is 0 Å². The van der Waals surface area contributed by atoms with Gasteiger partial charge in [-0.1, -0.05) is 56.9 Å². The molecule has 0 aromatic heterocycles. The number of hydrogen-bond acceptors (Lipinski definition) is 2. The summed E-state index contributed by atoms with van der Waals surface area (Å²) in [5, 5.41) is 8.78. The van der Waals surface area contributed by atoms with Crippen molar-refractivity contribution < 1.29 is 5.11 Å². The predicted octanol–water partition coefficient (Wildman–Crippen LogP) is 3.84. The van der Waals surface area contributed by atoms with Crippen LogP contribution in [-0.2, 0) is 12.8 Å². The molecule has 0 spiro atoms. The zero-order valence-corrected chi connectivity index (χ0v) is 13.0. The number of aliphatic hydroxyl groups is 1. The highest BCUT2D eigenvalue weighted by molar-refractivity contribution is 5.23. The zero-order chi connectivity index (χ0) is 14.6. The average molecular weight is 277 g/mol. The summed E-state index contributed by atoms with van der Waals surface area (Å²) in [7, 11) is 0. The first-order valence-electron chi connectivity index (χ1n) is 8.20. The molecule has 2 nitrogen and oxygen atoms in total. The summed E-state index contributed by atoms with van der Waals surface area (Å²) in [6, 6.07) is 9.13. The van der Waals surface area contributed by atoms with E-state index >= 15 is 0 Å². The van der Waals surface area contributed by atoms with E-state index in [0.29, 0.717) is 12.6 Å². The summed E-state index contributed by atoms with van der Waals surface area (Å²) in [6.07, 6.45) is 10.3. The van der Waals surface area contributed by atoms with E-state index in [1.165, 1.54) is 36.8 Å². The minimum atomic E-state index is 0.297. The standard InChI is InChI=1S/C18H31NO/c1-2-3-4-5-9-18(19)15-17-12-10-16(11-13-17)8-6-7-14-20/h10-13,18,20H,2-9,14-15,19H2,1H3. The molecule has 0 saturated carbocycles. The fourth-order valence-corrected chi connectivity index (χ4v) is 2.52. The van der Waals surface area contributed by atoms with Crippen LogP contribution in [-0.4, -0.2) is 17.8 Å². The molecular weight excluding hydrogens is 246 g/mol. The number of nitrogens with two attached hydrogens (primary N) is 1. The van der Waals surface area contributed by atoms with E-state index in [1.807, 2.05) is 0 Å². The Morgan fingerprint density at radius 1 is 0.950 bits per heavy atom. The van der Waals surface area contributed by atoms with E-state index in [-0.39, 0.29) is 0 Å². The molecule has 2 heteroatoms. The highest BCUT2D eigenvalue weighted by atomic mass is 16.2. The molecule has 1 atom stereocenters. The summed E-state index contributed by atoms with van der Waals surface area (Å²) in [6.45, 7) is 2.53. The Hall–Kier alpha value is -0.860. The maximum atomic E-state index is 8.78. The number of aryl methyl sites for hydroxylation is 1. The van der Waals surface area contributed by atoms with Gasteiger partial charge >= 0.3 is 0 Å². The fraction of sp³-hybridized carbons (Fsp3) is 0.667. The van der Waals surface area contributed by atoms with Crippen molar-refractivity contribution in [2.45, 2.75) is 70.8 Å². The SMILES string of the molecule is CCCCCCC(N)Cc1ccc(CCCCO)cc1. The lowest BCUT2D eigenvalue weighted by Crippen LogP contribution is -2.22. The van der Waals surface area contributed by atoms with Gasteiger partial charge in [-0.05, 0) is 43.2 Å². The molecule has 0 heterocycles. The largest absolute Gasteiger partial charge is 0.396 e. The Morgan fingerprint density at radius 2 is 1.65 bits per heavy atom. The molecule has 1 aromatic rings. The summed E-state index contributed by atoms with van der Waals surface area (Å²) in [5.41, 5.74) is 8.90. The number of aliphatic hydroxyl groups excluding tert-OH is 1. The summed E-state index contributed by atoms with van der Waals surface area (Å²) >= 11 is 0. The molecule has 0 aliphatic heterocycles. The van der Waals surface area contributed by atoms with Crippen molar-refractivity contribution in [2.75, 3.05) is 6.61 Å². The molecule has 0 radical (unpaired) electrons. The minimum absolute atomic E-state index is 0.297. The van der Waals surface area contributed by atoms with Crippen molar-refractivity contribution in [1.29, 1.82) is 0 Å². The van der Waals surface area contributed by atoms with Gasteiger partial charge in [0.2, 0.25) is 0 Å². The van der Waals surface area contributed by atoms with E-state index < -0.39 is 0 Å². The van der Waals surface area contributed by atoms with Gasteiger partial charge in [-0.25, -0.2) is 0 Å². The van der Waals surface area contributed by atoms with Crippen LogP contribution in [0, 0.1) is 0 Å². The molecule has 20 heavy (non-hydrogen) atoms. The second-order valence-electron chi connectivity index (χ2n) is 5.81. The van der Waals surface area contributed by atoms with Gasteiger partial charge in [0.1, 0.15) is 0 Å². The first-order valence-corrected chi connectivity index (χ1v) is 8.20. The molecule has 0 aliphatic rings. The van der Waals surface area contributed by atoms with Gasteiger partial charge < -0.3 is 10.8 Å². The molecule has 0 bridgehead atoms. The molecule has 0 fully saturated rings. The Morgan fingerprint density at radius 3 is 2.30 bits per heavy atom. The van der Waals surface area contributed by atoms with Crippen LogP contribution >= 0.6 is 0 Å². The summed E-state index contributed by atoms with van der Waals surface area (Å²) in [5.74, 6) is 0. The van der Waals surface area contributed by atoms with Crippen LogP contribution in [0.3, 0.4) is 0 Å². The second-order valence-corrected chi connectivity index (χ2v) is 5.81. The minimum Gasteiger partial charge on any atom is -0.396 e. The average Bonchev–Trinajstić information content (AvgIpc) is 2.46. The Bertz CT molecular complexity index is 334. The first-order chi connectivity index (χ1) is 9.76. The smallest absolute Gasteiger partial charge is 0.0431 e. The lowest BCUT2D eigenvalue weighted by molar-refractivity contribution is 0.284. The van der Waals surface area contributed by atoms with Crippen LogP contribution in [0.15, 0.2) is 24.3 Å². The van der Waals surface area contributed by atoms with Crippen molar-refractivity contribution in [3.05, 3.63) is 35.4 Å². The third-order valence-electron chi connectivity index (χ3n) is 3.82. The van der Waals surface area contributed by atoms with Crippen LogP contribution in [0.4, 0.5) is 0 Å². The molecule has 0 aliphatic carbocycles. The third-order valence-corrected chi connectivity index (χ3v) is 3.82. The predicted molar refractivity (Wildman–Crippen MR) is 86.9 cm³/mol. The van der Waals surface area contributed by atoms with Crippen LogP contribution in [0.1, 0.15) is 63.0 Å². The zero-order valence-electron chi connectivity index (χ0n) is 13.0. The van der Waals surface area contributed by atoms with Gasteiger partial charge in [0.15, 0.2) is 0 Å². The normalized spacial score (nSPS) is 12.6.